The molecule has 0 radical (unpaired) electrons. The molecule has 0 N–H and O–H groups in total. The largest absolute Gasteiger partial charge is 0.862 e. The van der Waals surface area contributed by atoms with Crippen molar-refractivity contribution >= 4 is 28.7 Å². The molecule has 3 rings (SSSR count). The average molecular weight is 464 g/mol. The van der Waals surface area contributed by atoms with E-state index in [0.29, 0.717) is 23.1 Å². The van der Waals surface area contributed by atoms with E-state index in [2.05, 4.69) is 29.0 Å². The first-order valence-electron chi connectivity index (χ1n) is 10.4. The van der Waals surface area contributed by atoms with E-state index >= 15 is 0 Å². The predicted molar refractivity (Wildman–Crippen MR) is 119 cm³/mol. The van der Waals surface area contributed by atoms with Crippen LogP contribution in [0, 0.1) is 0 Å². The summed E-state index contributed by atoms with van der Waals surface area (Å²) >= 11 is 1.01. The van der Waals surface area contributed by atoms with E-state index in [1.54, 1.807) is 29.2 Å². The molecule has 0 aliphatic carbocycles. The second-order valence-electron chi connectivity index (χ2n) is 7.47. The zero-order valence-electron chi connectivity index (χ0n) is 18.8. The molecule has 0 unspecified atom stereocenters. The standard InChI is InChI=1S/C21H29N5O5S/c1-15(2)24-9-11-25(12-10-24)26-14-19(31-23-26)22-18(27)8-13-32-21(28)20-16(29-3)6-5-7-17(20)30-4/h5-7,14-15H,8-13H2,1-4H3. The second-order valence-corrected chi connectivity index (χ2v) is 8.54. The number of rotatable bonds is 9. The molecule has 0 spiro atoms. The molecule has 1 aliphatic heterocycles. The van der Waals surface area contributed by atoms with Gasteiger partial charge in [0.05, 0.1) is 32.1 Å². The number of piperazine rings is 1. The van der Waals surface area contributed by atoms with Crippen molar-refractivity contribution in [1.29, 1.82) is 0 Å². The van der Waals surface area contributed by atoms with E-state index in [0.717, 1.165) is 37.9 Å². The minimum atomic E-state index is -0.384. The van der Waals surface area contributed by atoms with E-state index in [1.165, 1.54) is 14.2 Å². The summed E-state index contributed by atoms with van der Waals surface area (Å²) < 4.78 is 15.7. The van der Waals surface area contributed by atoms with Crippen molar-refractivity contribution in [3.05, 3.63) is 30.0 Å². The Hall–Kier alpha value is -2.79. The number of benzene rings is 1. The van der Waals surface area contributed by atoms with Crippen LogP contribution >= 0.6 is 11.8 Å². The highest BCUT2D eigenvalue weighted by Crippen LogP contribution is 2.32. The van der Waals surface area contributed by atoms with Crippen molar-refractivity contribution in [1.82, 2.24) is 10.2 Å². The Kier molecular flexibility index (Phi) is 8.34. The Balaban J connectivity index is 1.53. The minimum absolute atomic E-state index is 0.0850. The van der Waals surface area contributed by atoms with Gasteiger partial charge >= 0.3 is 5.88 Å². The molecule has 32 heavy (non-hydrogen) atoms. The Morgan fingerprint density at radius 1 is 1.25 bits per heavy atom. The molecule has 0 bridgehead atoms. The van der Waals surface area contributed by atoms with Crippen LogP contribution in [0.4, 0.5) is 5.88 Å². The summed E-state index contributed by atoms with van der Waals surface area (Å²) in [5, 5.41) is 18.0. The lowest BCUT2D eigenvalue weighted by Gasteiger charge is -2.32. The lowest BCUT2D eigenvalue weighted by atomic mass is 10.2. The fraction of sp³-hybridized carbons (Fsp3) is 0.524. The van der Waals surface area contributed by atoms with Crippen molar-refractivity contribution in [2.24, 2.45) is 4.99 Å². The summed E-state index contributed by atoms with van der Waals surface area (Å²) in [4.78, 5) is 20.6. The molecule has 1 aromatic heterocycles. The van der Waals surface area contributed by atoms with Gasteiger partial charge < -0.3 is 14.6 Å². The quantitative estimate of drug-likeness (QED) is 0.306. The number of aliphatic imine (C=N–C) groups is 1. The number of hydrogen-bond acceptors (Lipinski definition) is 10. The molecule has 11 heteroatoms. The van der Waals surface area contributed by atoms with Crippen molar-refractivity contribution in [2.75, 3.05) is 51.2 Å². The van der Waals surface area contributed by atoms with Crippen LogP contribution < -0.4 is 24.4 Å². The first kappa shape index (κ1) is 23.9. The lowest BCUT2D eigenvalue weighted by molar-refractivity contribution is -0.759. The SMILES string of the molecule is COc1cccc(OC)c1C(=O)SCCC([O-])=Nc1c[n+](N2CCN(C(C)C)CC2)no1. The number of carbonyl (C=O) groups excluding carboxylic acids is 1. The molecule has 0 amide bonds. The number of hydrogen-bond donors (Lipinski definition) is 0. The molecule has 1 aliphatic rings. The number of nitrogens with zero attached hydrogens (tertiary/aromatic N) is 5. The zero-order chi connectivity index (χ0) is 23.1. The third kappa shape index (κ3) is 5.92. The summed E-state index contributed by atoms with van der Waals surface area (Å²) in [7, 11) is 2.99. The molecule has 2 heterocycles. The van der Waals surface area contributed by atoms with Crippen LogP contribution in [0.5, 0.6) is 11.5 Å². The molecule has 0 atom stereocenters. The average Bonchev–Trinajstić information content (AvgIpc) is 3.26. The highest BCUT2D eigenvalue weighted by molar-refractivity contribution is 8.14. The van der Waals surface area contributed by atoms with Gasteiger partial charge in [0.2, 0.25) is 10.4 Å². The van der Waals surface area contributed by atoms with Crippen LogP contribution in [-0.2, 0) is 0 Å². The number of carbonyl (C=O) groups is 1. The van der Waals surface area contributed by atoms with E-state index in [1.807, 2.05) is 5.01 Å². The summed E-state index contributed by atoms with van der Waals surface area (Å²) in [6.45, 7) is 7.86. The molecular formula is C21H29N5O5S. The maximum Gasteiger partial charge on any atom is 0.324 e. The number of methoxy groups -OCH3 is 2. The van der Waals surface area contributed by atoms with E-state index < -0.39 is 0 Å². The molecule has 0 saturated carbocycles. The molecular weight excluding hydrogens is 434 g/mol. The third-order valence-electron chi connectivity index (χ3n) is 5.17. The van der Waals surface area contributed by atoms with Crippen LogP contribution in [0.1, 0.15) is 30.6 Å². The molecule has 2 aromatic rings. The smallest absolute Gasteiger partial charge is 0.324 e. The van der Waals surface area contributed by atoms with Gasteiger partial charge in [-0.15, -0.1) is 0 Å². The van der Waals surface area contributed by atoms with E-state index in [4.69, 9.17) is 14.0 Å². The Labute approximate surface area is 191 Å². The van der Waals surface area contributed by atoms with Crippen LogP contribution in [-0.4, -0.2) is 73.4 Å². The van der Waals surface area contributed by atoms with Crippen LogP contribution in [0.15, 0.2) is 33.9 Å². The molecule has 1 fully saturated rings. The topological polar surface area (TPSA) is 107 Å². The van der Waals surface area contributed by atoms with E-state index in [-0.39, 0.29) is 29.1 Å². The third-order valence-corrected chi connectivity index (χ3v) is 6.05. The number of thioether (sulfide) groups is 1. The van der Waals surface area contributed by atoms with Gasteiger partial charge in [-0.1, -0.05) is 17.8 Å². The van der Waals surface area contributed by atoms with Gasteiger partial charge in [0.15, 0.2) is 0 Å². The molecule has 1 aromatic carbocycles. The lowest BCUT2D eigenvalue weighted by Crippen LogP contribution is -2.65. The highest BCUT2D eigenvalue weighted by Gasteiger charge is 2.26. The maximum absolute atomic E-state index is 12.6. The fourth-order valence-corrected chi connectivity index (χ4v) is 4.19. The zero-order valence-corrected chi connectivity index (χ0v) is 19.6. The van der Waals surface area contributed by atoms with Gasteiger partial charge in [0.25, 0.3) is 6.20 Å². The van der Waals surface area contributed by atoms with Crippen LogP contribution in [0.3, 0.4) is 0 Å². The van der Waals surface area contributed by atoms with Gasteiger partial charge in [-0.05, 0) is 38.3 Å². The molecule has 174 valence electrons. The fourth-order valence-electron chi connectivity index (χ4n) is 3.38. The van der Waals surface area contributed by atoms with Crippen molar-refractivity contribution in [2.45, 2.75) is 26.3 Å². The van der Waals surface area contributed by atoms with E-state index in [9.17, 15) is 9.90 Å². The van der Waals surface area contributed by atoms with Crippen molar-refractivity contribution in [3.8, 4) is 11.5 Å². The van der Waals surface area contributed by atoms with Gasteiger partial charge in [0.1, 0.15) is 17.1 Å². The predicted octanol–water partition coefficient (Wildman–Crippen LogP) is 0.995. The van der Waals surface area contributed by atoms with Gasteiger partial charge in [-0.3, -0.25) is 14.2 Å². The number of ether oxygens (including phenoxy) is 2. The Morgan fingerprint density at radius 3 is 2.50 bits per heavy atom. The van der Waals surface area contributed by atoms with Crippen LogP contribution in [0.2, 0.25) is 0 Å². The van der Waals surface area contributed by atoms with Gasteiger partial charge in [-0.2, -0.15) is 5.01 Å². The summed E-state index contributed by atoms with van der Waals surface area (Å²) in [5.74, 6) is 0.888. The summed E-state index contributed by atoms with van der Waals surface area (Å²) in [6.07, 6.45) is 1.68. The minimum Gasteiger partial charge on any atom is -0.862 e. The first-order valence-corrected chi connectivity index (χ1v) is 11.4. The Bertz CT molecular complexity index is 918. The van der Waals surface area contributed by atoms with Gasteiger partial charge in [-0.25, -0.2) is 4.99 Å². The first-order chi connectivity index (χ1) is 15.4. The van der Waals surface area contributed by atoms with Crippen molar-refractivity contribution in [3.63, 3.8) is 0 Å². The molecule has 10 nitrogen and oxygen atoms in total. The van der Waals surface area contributed by atoms with Crippen LogP contribution in [0.25, 0.3) is 0 Å². The molecule has 1 saturated heterocycles. The number of aromatic nitrogens is 2. The van der Waals surface area contributed by atoms with Gasteiger partial charge in [0, 0.05) is 24.9 Å². The summed E-state index contributed by atoms with van der Waals surface area (Å²) in [5.41, 5.74) is 0.348. The van der Waals surface area contributed by atoms with Crippen molar-refractivity contribution < 1.29 is 28.7 Å². The monoisotopic (exact) mass is 463 g/mol. The maximum atomic E-state index is 12.6. The Morgan fingerprint density at radius 2 is 1.91 bits per heavy atom. The highest BCUT2D eigenvalue weighted by atomic mass is 32.2. The summed E-state index contributed by atoms with van der Waals surface area (Å²) in [6, 6.07) is 5.64. The normalized spacial score (nSPS) is 15.3. The second kappa shape index (κ2) is 11.2.